The lowest BCUT2D eigenvalue weighted by molar-refractivity contribution is 0.0601. The number of esters is 1. The maximum absolute atomic E-state index is 11.5. The van der Waals surface area contributed by atoms with Crippen LogP contribution in [0, 0.1) is 5.92 Å². The summed E-state index contributed by atoms with van der Waals surface area (Å²) in [5.74, 6) is 0.398. The van der Waals surface area contributed by atoms with Gasteiger partial charge in [-0.25, -0.2) is 4.79 Å². The lowest BCUT2D eigenvalue weighted by Gasteiger charge is -2.29. The average Bonchev–Trinajstić information content (AvgIpc) is 2.47. The fourth-order valence-electron chi connectivity index (χ4n) is 2.56. The zero-order valence-electron chi connectivity index (χ0n) is 11.7. The van der Waals surface area contributed by atoms with Crippen LogP contribution < -0.4 is 10.2 Å². The van der Waals surface area contributed by atoms with E-state index in [9.17, 15) is 4.79 Å². The normalized spacial score (nSPS) is 18.9. The van der Waals surface area contributed by atoms with Gasteiger partial charge in [-0.1, -0.05) is 6.07 Å². The lowest BCUT2D eigenvalue weighted by Crippen LogP contribution is -2.36. The Hall–Kier alpha value is -1.55. The third-order valence-electron chi connectivity index (χ3n) is 3.64. The van der Waals surface area contributed by atoms with Crippen LogP contribution >= 0.6 is 0 Å². The number of hydrogen-bond acceptors (Lipinski definition) is 4. The van der Waals surface area contributed by atoms with Gasteiger partial charge < -0.3 is 15.0 Å². The lowest BCUT2D eigenvalue weighted by atomic mass is 9.99. The molecule has 4 nitrogen and oxygen atoms in total. The molecule has 0 aromatic heterocycles. The fraction of sp³-hybridized carbons (Fsp3) is 0.533. The highest BCUT2D eigenvalue weighted by Gasteiger charge is 2.16. The molecule has 2 rings (SSSR count). The van der Waals surface area contributed by atoms with E-state index in [0.29, 0.717) is 11.5 Å². The van der Waals surface area contributed by atoms with Crippen LogP contribution in [-0.2, 0) is 4.74 Å². The highest BCUT2D eigenvalue weighted by Crippen LogP contribution is 2.19. The zero-order chi connectivity index (χ0) is 13.7. The van der Waals surface area contributed by atoms with E-state index >= 15 is 0 Å². The molecule has 1 aromatic rings. The van der Waals surface area contributed by atoms with Crippen molar-refractivity contribution in [2.45, 2.75) is 12.8 Å². The Morgan fingerprint density at radius 2 is 2.37 bits per heavy atom. The molecule has 1 atom stereocenters. The van der Waals surface area contributed by atoms with Crippen LogP contribution in [0.2, 0.25) is 0 Å². The average molecular weight is 262 g/mol. The van der Waals surface area contributed by atoms with E-state index in [4.69, 9.17) is 4.74 Å². The van der Waals surface area contributed by atoms with Gasteiger partial charge >= 0.3 is 5.97 Å². The second kappa shape index (κ2) is 6.57. The number of carbonyl (C=O) groups excluding carboxylic acids is 1. The molecule has 1 aliphatic rings. The minimum Gasteiger partial charge on any atom is -0.465 e. The second-order valence-electron chi connectivity index (χ2n) is 5.13. The van der Waals surface area contributed by atoms with E-state index in [1.54, 1.807) is 6.07 Å². The summed E-state index contributed by atoms with van der Waals surface area (Å²) in [5.41, 5.74) is 1.67. The van der Waals surface area contributed by atoms with Gasteiger partial charge in [0, 0.05) is 19.3 Å². The van der Waals surface area contributed by atoms with Gasteiger partial charge in [0.15, 0.2) is 0 Å². The van der Waals surface area contributed by atoms with E-state index in [2.05, 4.69) is 17.3 Å². The van der Waals surface area contributed by atoms with Gasteiger partial charge in [-0.2, -0.15) is 0 Å². The molecule has 0 aliphatic carbocycles. The first-order valence-corrected chi connectivity index (χ1v) is 6.81. The van der Waals surface area contributed by atoms with E-state index < -0.39 is 0 Å². The maximum Gasteiger partial charge on any atom is 0.337 e. The van der Waals surface area contributed by atoms with Gasteiger partial charge in [0.2, 0.25) is 0 Å². The fourth-order valence-corrected chi connectivity index (χ4v) is 2.56. The van der Waals surface area contributed by atoms with Crippen molar-refractivity contribution < 1.29 is 9.53 Å². The molecule has 4 heteroatoms. The number of hydrogen-bond donors (Lipinski definition) is 1. The number of carbonyl (C=O) groups is 1. The van der Waals surface area contributed by atoms with Crippen molar-refractivity contribution in [2.24, 2.45) is 5.92 Å². The topological polar surface area (TPSA) is 41.6 Å². The molecule has 1 N–H and O–H groups in total. The van der Waals surface area contributed by atoms with Crippen LogP contribution in [-0.4, -0.2) is 39.8 Å². The van der Waals surface area contributed by atoms with Crippen molar-refractivity contribution in [2.75, 3.05) is 38.7 Å². The molecular weight excluding hydrogens is 240 g/mol. The minimum atomic E-state index is -0.283. The molecule has 0 amide bonds. The molecule has 0 saturated carbocycles. The van der Waals surface area contributed by atoms with Gasteiger partial charge in [0.1, 0.15) is 0 Å². The molecule has 1 fully saturated rings. The monoisotopic (exact) mass is 262 g/mol. The number of anilines is 1. The molecule has 1 saturated heterocycles. The van der Waals surface area contributed by atoms with E-state index in [-0.39, 0.29) is 5.97 Å². The molecule has 1 aromatic carbocycles. The Bertz CT molecular complexity index is 428. The zero-order valence-corrected chi connectivity index (χ0v) is 11.7. The highest BCUT2D eigenvalue weighted by atomic mass is 16.5. The van der Waals surface area contributed by atoms with E-state index in [1.165, 1.54) is 20.0 Å². The summed E-state index contributed by atoms with van der Waals surface area (Å²) in [6.07, 6.45) is 2.52. The predicted octanol–water partition coefficient (Wildman–Crippen LogP) is 1.91. The van der Waals surface area contributed by atoms with E-state index in [1.807, 2.05) is 18.2 Å². The van der Waals surface area contributed by atoms with Gasteiger partial charge in [-0.05, 0) is 50.0 Å². The van der Waals surface area contributed by atoms with Crippen molar-refractivity contribution in [3.05, 3.63) is 29.8 Å². The third kappa shape index (κ3) is 3.70. The number of ether oxygens (including phenoxy) is 1. The second-order valence-corrected chi connectivity index (χ2v) is 5.13. The number of nitrogens with one attached hydrogen (secondary N) is 1. The van der Waals surface area contributed by atoms with Gasteiger partial charge in [-0.15, -0.1) is 0 Å². The largest absolute Gasteiger partial charge is 0.465 e. The number of nitrogens with zero attached hydrogens (tertiary/aromatic N) is 1. The van der Waals surface area contributed by atoms with Crippen LogP contribution in [0.3, 0.4) is 0 Å². The van der Waals surface area contributed by atoms with Gasteiger partial charge in [0.05, 0.1) is 12.7 Å². The quantitative estimate of drug-likeness (QED) is 0.842. The SMILES string of the molecule is COC(=O)c1cccc(N(C)CC2CCCNC2)c1. The number of benzene rings is 1. The number of piperidine rings is 1. The van der Waals surface area contributed by atoms with Gasteiger partial charge in [-0.3, -0.25) is 0 Å². The van der Waals surface area contributed by atoms with Crippen LogP contribution in [0.15, 0.2) is 24.3 Å². The minimum absolute atomic E-state index is 0.283. The Balaban J connectivity index is 2.01. The van der Waals surface area contributed by atoms with Crippen molar-refractivity contribution >= 4 is 11.7 Å². The van der Waals surface area contributed by atoms with Crippen LogP contribution in [0.1, 0.15) is 23.2 Å². The van der Waals surface area contributed by atoms with Crippen molar-refractivity contribution in [3.63, 3.8) is 0 Å². The number of methoxy groups -OCH3 is 1. The Labute approximate surface area is 114 Å². The van der Waals surface area contributed by atoms with Crippen molar-refractivity contribution in [1.82, 2.24) is 5.32 Å². The van der Waals surface area contributed by atoms with Crippen LogP contribution in [0.5, 0.6) is 0 Å². The molecule has 19 heavy (non-hydrogen) atoms. The summed E-state index contributed by atoms with van der Waals surface area (Å²) >= 11 is 0. The standard InChI is InChI=1S/C15H22N2O2/c1-17(11-12-5-4-8-16-10-12)14-7-3-6-13(9-14)15(18)19-2/h3,6-7,9,12,16H,4-5,8,10-11H2,1-2H3. The van der Waals surface area contributed by atoms with Crippen molar-refractivity contribution in [1.29, 1.82) is 0 Å². The van der Waals surface area contributed by atoms with E-state index in [0.717, 1.165) is 25.3 Å². The first-order valence-electron chi connectivity index (χ1n) is 6.81. The molecule has 1 heterocycles. The molecular formula is C15H22N2O2. The summed E-state index contributed by atoms with van der Waals surface area (Å²) in [6.45, 7) is 3.23. The first kappa shape index (κ1) is 13.9. The predicted molar refractivity (Wildman–Crippen MR) is 76.6 cm³/mol. The Morgan fingerprint density at radius 1 is 1.53 bits per heavy atom. The smallest absolute Gasteiger partial charge is 0.337 e. The number of rotatable bonds is 4. The Kier molecular flexibility index (Phi) is 4.80. The van der Waals surface area contributed by atoms with Crippen LogP contribution in [0.25, 0.3) is 0 Å². The summed E-state index contributed by atoms with van der Waals surface area (Å²) in [7, 11) is 3.48. The van der Waals surface area contributed by atoms with Crippen molar-refractivity contribution in [3.8, 4) is 0 Å². The molecule has 1 aliphatic heterocycles. The molecule has 1 unspecified atom stereocenters. The molecule has 104 valence electrons. The molecule has 0 bridgehead atoms. The summed E-state index contributed by atoms with van der Waals surface area (Å²) in [5, 5.41) is 3.43. The first-order chi connectivity index (χ1) is 9.20. The van der Waals surface area contributed by atoms with Crippen LogP contribution in [0.4, 0.5) is 5.69 Å². The van der Waals surface area contributed by atoms with Gasteiger partial charge in [0.25, 0.3) is 0 Å². The molecule has 0 spiro atoms. The Morgan fingerprint density at radius 3 is 3.05 bits per heavy atom. The summed E-state index contributed by atoms with van der Waals surface area (Å²) in [6, 6.07) is 7.60. The summed E-state index contributed by atoms with van der Waals surface area (Å²) < 4.78 is 4.75. The third-order valence-corrected chi connectivity index (χ3v) is 3.64. The highest BCUT2D eigenvalue weighted by molar-refractivity contribution is 5.90. The maximum atomic E-state index is 11.5. The molecule has 0 radical (unpaired) electrons. The summed E-state index contributed by atoms with van der Waals surface area (Å²) in [4.78, 5) is 13.7.